The molecular formula is C21H25N5OS. The first kappa shape index (κ1) is 17.9. The molecule has 0 radical (unpaired) electrons. The van der Waals surface area contributed by atoms with Crippen LogP contribution in [0.15, 0.2) is 29.4 Å². The highest BCUT2D eigenvalue weighted by atomic mass is 32.2. The van der Waals surface area contributed by atoms with Crippen LogP contribution in [0.1, 0.15) is 39.0 Å². The van der Waals surface area contributed by atoms with Crippen molar-refractivity contribution in [3.63, 3.8) is 0 Å². The normalized spacial score (nSPS) is 16.9. The van der Waals surface area contributed by atoms with E-state index in [4.69, 9.17) is 4.98 Å². The summed E-state index contributed by atoms with van der Waals surface area (Å²) in [6.07, 6.45) is 6.08. The highest BCUT2D eigenvalue weighted by Crippen LogP contribution is 2.44. The smallest absolute Gasteiger partial charge is 0.230 e. The standard InChI is InChI=1S/C21H25N5OS/c1-2-11-26-16-6-4-3-5-15(16)19-20(26)23-21(25-24-19)28-12-17(27)22-18(13-7-8-13)14-9-10-14/h3-6,13-14,18H,2,7-12H2,1H3,(H,22,27). The van der Waals surface area contributed by atoms with E-state index in [9.17, 15) is 4.79 Å². The number of carbonyl (C=O) groups excluding carboxylic acids is 1. The number of benzene rings is 1. The van der Waals surface area contributed by atoms with E-state index in [1.807, 2.05) is 12.1 Å². The van der Waals surface area contributed by atoms with Crippen molar-refractivity contribution in [1.82, 2.24) is 25.1 Å². The number of rotatable bonds is 8. The lowest BCUT2D eigenvalue weighted by atomic mass is 10.1. The van der Waals surface area contributed by atoms with Crippen molar-refractivity contribution in [3.05, 3.63) is 24.3 Å². The summed E-state index contributed by atoms with van der Waals surface area (Å²) in [5.74, 6) is 1.85. The van der Waals surface area contributed by atoms with Gasteiger partial charge in [0.1, 0.15) is 5.52 Å². The molecule has 5 rings (SSSR count). The van der Waals surface area contributed by atoms with Crippen LogP contribution in [-0.4, -0.2) is 37.5 Å². The Kier molecular flexibility index (Phi) is 4.70. The predicted molar refractivity (Wildman–Crippen MR) is 111 cm³/mol. The molecule has 2 saturated carbocycles. The molecule has 0 bridgehead atoms. The van der Waals surface area contributed by atoms with Gasteiger partial charge in [0.25, 0.3) is 0 Å². The lowest BCUT2D eigenvalue weighted by Crippen LogP contribution is -2.39. The quantitative estimate of drug-likeness (QED) is 0.588. The third kappa shape index (κ3) is 3.48. The third-order valence-electron chi connectivity index (χ3n) is 5.72. The molecule has 2 aliphatic carbocycles. The van der Waals surface area contributed by atoms with Crippen LogP contribution in [0.3, 0.4) is 0 Å². The van der Waals surface area contributed by atoms with E-state index in [2.05, 4.69) is 39.1 Å². The maximum absolute atomic E-state index is 12.5. The first-order chi connectivity index (χ1) is 13.7. The van der Waals surface area contributed by atoms with Gasteiger partial charge in [-0.1, -0.05) is 36.9 Å². The summed E-state index contributed by atoms with van der Waals surface area (Å²) in [5.41, 5.74) is 2.83. The van der Waals surface area contributed by atoms with Crippen molar-refractivity contribution in [3.8, 4) is 0 Å². The van der Waals surface area contributed by atoms with Crippen LogP contribution in [0.5, 0.6) is 0 Å². The number of para-hydroxylation sites is 1. The monoisotopic (exact) mass is 395 g/mol. The average Bonchev–Trinajstić information content (AvgIpc) is 3.63. The highest BCUT2D eigenvalue weighted by molar-refractivity contribution is 7.99. The Balaban J connectivity index is 1.34. The minimum absolute atomic E-state index is 0.0894. The first-order valence-electron chi connectivity index (χ1n) is 10.3. The Morgan fingerprint density at radius 1 is 1.21 bits per heavy atom. The summed E-state index contributed by atoms with van der Waals surface area (Å²) in [6.45, 7) is 3.04. The minimum Gasteiger partial charge on any atom is -0.352 e. The Labute approximate surface area is 168 Å². The largest absolute Gasteiger partial charge is 0.352 e. The SMILES string of the molecule is CCCn1c2ccccc2c2nnc(SCC(=O)NC(C3CC3)C3CC3)nc21. The number of hydrogen-bond donors (Lipinski definition) is 1. The Morgan fingerprint density at radius 3 is 2.68 bits per heavy atom. The van der Waals surface area contributed by atoms with Gasteiger partial charge < -0.3 is 9.88 Å². The molecule has 0 atom stereocenters. The van der Waals surface area contributed by atoms with Gasteiger partial charge in [0.05, 0.1) is 11.3 Å². The van der Waals surface area contributed by atoms with E-state index in [1.165, 1.54) is 37.4 Å². The van der Waals surface area contributed by atoms with E-state index in [1.54, 1.807) is 0 Å². The van der Waals surface area contributed by atoms with Crippen LogP contribution in [0.2, 0.25) is 0 Å². The molecule has 28 heavy (non-hydrogen) atoms. The van der Waals surface area contributed by atoms with Gasteiger partial charge in [0, 0.05) is 18.0 Å². The van der Waals surface area contributed by atoms with Gasteiger partial charge in [0.15, 0.2) is 5.65 Å². The number of nitrogens with zero attached hydrogens (tertiary/aromatic N) is 4. The van der Waals surface area contributed by atoms with E-state index >= 15 is 0 Å². The summed E-state index contributed by atoms with van der Waals surface area (Å²) in [7, 11) is 0. The Bertz CT molecular complexity index is 1010. The molecule has 2 aliphatic rings. The van der Waals surface area contributed by atoms with Crippen LogP contribution < -0.4 is 5.32 Å². The number of hydrogen-bond acceptors (Lipinski definition) is 5. The zero-order valence-electron chi connectivity index (χ0n) is 16.1. The van der Waals surface area contributed by atoms with E-state index in [0.29, 0.717) is 28.8 Å². The Morgan fingerprint density at radius 2 is 1.96 bits per heavy atom. The second-order valence-corrected chi connectivity index (χ2v) is 8.93. The lowest BCUT2D eigenvalue weighted by molar-refractivity contribution is -0.119. The first-order valence-corrected chi connectivity index (χ1v) is 11.3. The van der Waals surface area contributed by atoms with Crippen LogP contribution in [-0.2, 0) is 11.3 Å². The highest BCUT2D eigenvalue weighted by Gasteiger charge is 2.42. The molecule has 146 valence electrons. The average molecular weight is 396 g/mol. The molecule has 2 aromatic heterocycles. The zero-order valence-corrected chi connectivity index (χ0v) is 16.9. The fraction of sp³-hybridized carbons (Fsp3) is 0.524. The number of aryl methyl sites for hydroxylation is 1. The van der Waals surface area contributed by atoms with Gasteiger partial charge >= 0.3 is 0 Å². The summed E-state index contributed by atoms with van der Waals surface area (Å²) in [5, 5.41) is 13.6. The number of fused-ring (bicyclic) bond motifs is 3. The van der Waals surface area contributed by atoms with Crippen molar-refractivity contribution >= 4 is 39.7 Å². The Hall–Kier alpha value is -2.15. The van der Waals surface area contributed by atoms with E-state index in [0.717, 1.165) is 35.0 Å². The number of aromatic nitrogens is 4. The molecule has 0 aliphatic heterocycles. The number of nitrogens with one attached hydrogen (secondary N) is 1. The number of amides is 1. The molecule has 2 heterocycles. The third-order valence-corrected chi connectivity index (χ3v) is 6.56. The van der Waals surface area contributed by atoms with Crippen LogP contribution in [0, 0.1) is 11.8 Å². The maximum Gasteiger partial charge on any atom is 0.230 e. The van der Waals surface area contributed by atoms with Crippen LogP contribution in [0.4, 0.5) is 0 Å². The van der Waals surface area contributed by atoms with Gasteiger partial charge in [-0.05, 0) is 50.0 Å². The van der Waals surface area contributed by atoms with Crippen LogP contribution in [0.25, 0.3) is 22.1 Å². The molecule has 2 fully saturated rings. The zero-order chi connectivity index (χ0) is 19.1. The van der Waals surface area contributed by atoms with Gasteiger partial charge in [-0.3, -0.25) is 4.79 Å². The van der Waals surface area contributed by atoms with Gasteiger partial charge in [-0.15, -0.1) is 10.2 Å². The van der Waals surface area contributed by atoms with Gasteiger partial charge in [0.2, 0.25) is 11.1 Å². The summed E-state index contributed by atoms with van der Waals surface area (Å²) in [4.78, 5) is 17.2. The van der Waals surface area contributed by atoms with Crippen molar-refractivity contribution in [1.29, 1.82) is 0 Å². The van der Waals surface area contributed by atoms with E-state index in [-0.39, 0.29) is 5.91 Å². The summed E-state index contributed by atoms with van der Waals surface area (Å²) in [6, 6.07) is 8.61. The fourth-order valence-corrected chi connectivity index (χ4v) is 4.68. The van der Waals surface area contributed by atoms with Crippen molar-refractivity contribution < 1.29 is 4.79 Å². The van der Waals surface area contributed by atoms with E-state index < -0.39 is 0 Å². The molecule has 3 aromatic rings. The summed E-state index contributed by atoms with van der Waals surface area (Å²) >= 11 is 1.38. The molecule has 1 N–H and O–H groups in total. The maximum atomic E-state index is 12.5. The predicted octanol–water partition coefficient (Wildman–Crippen LogP) is 3.79. The van der Waals surface area contributed by atoms with Crippen LogP contribution >= 0.6 is 11.8 Å². The molecule has 1 amide bonds. The van der Waals surface area contributed by atoms with Crippen molar-refractivity contribution in [2.24, 2.45) is 11.8 Å². The molecular weight excluding hydrogens is 370 g/mol. The topological polar surface area (TPSA) is 72.7 Å². The molecule has 1 aromatic carbocycles. The molecule has 0 saturated heterocycles. The minimum atomic E-state index is 0.0894. The van der Waals surface area contributed by atoms with Gasteiger partial charge in [-0.2, -0.15) is 0 Å². The second-order valence-electron chi connectivity index (χ2n) is 7.99. The molecule has 6 nitrogen and oxygen atoms in total. The summed E-state index contributed by atoms with van der Waals surface area (Å²) < 4.78 is 2.21. The lowest BCUT2D eigenvalue weighted by Gasteiger charge is -2.17. The molecule has 0 unspecified atom stereocenters. The number of thioether (sulfide) groups is 1. The second kappa shape index (κ2) is 7.35. The molecule has 0 spiro atoms. The van der Waals surface area contributed by atoms with Crippen molar-refractivity contribution in [2.75, 3.05) is 5.75 Å². The fourth-order valence-electron chi connectivity index (χ4n) is 4.09. The van der Waals surface area contributed by atoms with Crippen molar-refractivity contribution in [2.45, 2.75) is 56.8 Å². The molecule has 7 heteroatoms. The number of carbonyl (C=O) groups is 1. The van der Waals surface area contributed by atoms with Gasteiger partial charge in [-0.25, -0.2) is 4.98 Å².